The second kappa shape index (κ2) is 4.46. The molecule has 1 aromatic carbocycles. The number of ether oxygens (including phenoxy) is 1. The SMILES string of the molecule is C=CCc1cc(C=O)c(OC)cc1O. The average molecular weight is 192 g/mol. The highest BCUT2D eigenvalue weighted by atomic mass is 16.5. The fraction of sp³-hybridized carbons (Fsp3) is 0.182. The standard InChI is InChI=1S/C11H12O3/c1-3-4-8-5-9(7-12)11(14-2)6-10(8)13/h3,5-7,13H,1,4H2,2H3. The van der Waals surface area contributed by atoms with Crippen LogP contribution >= 0.6 is 0 Å². The highest BCUT2D eigenvalue weighted by molar-refractivity contribution is 5.80. The fourth-order valence-corrected chi connectivity index (χ4v) is 1.22. The first-order valence-electron chi connectivity index (χ1n) is 4.19. The van der Waals surface area contributed by atoms with Gasteiger partial charge >= 0.3 is 0 Å². The van der Waals surface area contributed by atoms with Crippen molar-refractivity contribution in [1.29, 1.82) is 0 Å². The van der Waals surface area contributed by atoms with E-state index in [4.69, 9.17) is 4.74 Å². The third-order valence-electron chi connectivity index (χ3n) is 1.92. The Morgan fingerprint density at radius 1 is 1.57 bits per heavy atom. The minimum absolute atomic E-state index is 0.118. The van der Waals surface area contributed by atoms with E-state index in [2.05, 4.69) is 6.58 Å². The summed E-state index contributed by atoms with van der Waals surface area (Å²) in [7, 11) is 1.45. The number of allylic oxidation sites excluding steroid dienone is 1. The minimum Gasteiger partial charge on any atom is -0.508 e. The molecule has 1 N–H and O–H groups in total. The molecule has 1 rings (SSSR count). The van der Waals surface area contributed by atoms with Gasteiger partial charge in [0.25, 0.3) is 0 Å². The third kappa shape index (κ3) is 1.93. The number of aldehydes is 1. The van der Waals surface area contributed by atoms with Gasteiger partial charge in [0.1, 0.15) is 11.5 Å². The molecule has 0 aliphatic carbocycles. The number of hydrogen-bond acceptors (Lipinski definition) is 3. The lowest BCUT2D eigenvalue weighted by Gasteiger charge is -2.07. The van der Waals surface area contributed by atoms with Crippen LogP contribution in [0.25, 0.3) is 0 Å². The molecule has 3 heteroatoms. The molecule has 1 aromatic rings. The van der Waals surface area contributed by atoms with Crippen molar-refractivity contribution in [1.82, 2.24) is 0 Å². The third-order valence-corrected chi connectivity index (χ3v) is 1.92. The zero-order valence-corrected chi connectivity index (χ0v) is 7.99. The molecule has 0 spiro atoms. The van der Waals surface area contributed by atoms with Crippen LogP contribution < -0.4 is 4.74 Å². The number of carbonyl (C=O) groups excluding carboxylic acids is 1. The maximum absolute atomic E-state index is 10.7. The maximum Gasteiger partial charge on any atom is 0.153 e. The first kappa shape index (κ1) is 10.3. The number of benzene rings is 1. The molecule has 0 amide bonds. The average Bonchev–Trinajstić information content (AvgIpc) is 2.20. The highest BCUT2D eigenvalue weighted by Gasteiger charge is 2.07. The zero-order valence-electron chi connectivity index (χ0n) is 7.99. The lowest BCUT2D eigenvalue weighted by Crippen LogP contribution is -1.93. The van der Waals surface area contributed by atoms with Crippen LogP contribution in [0.15, 0.2) is 24.8 Å². The summed E-state index contributed by atoms with van der Waals surface area (Å²) in [6.07, 6.45) is 2.89. The van der Waals surface area contributed by atoms with Gasteiger partial charge in [-0.3, -0.25) is 4.79 Å². The van der Waals surface area contributed by atoms with Gasteiger partial charge in [-0.1, -0.05) is 6.08 Å². The molecule has 0 saturated heterocycles. The molecule has 3 nitrogen and oxygen atoms in total. The normalized spacial score (nSPS) is 9.50. The molecule has 0 saturated carbocycles. The van der Waals surface area contributed by atoms with Crippen molar-refractivity contribution >= 4 is 6.29 Å². The number of phenolic OH excluding ortho intramolecular Hbond substituents is 1. The molecular weight excluding hydrogens is 180 g/mol. The van der Waals surface area contributed by atoms with Crippen molar-refractivity contribution in [2.75, 3.05) is 7.11 Å². The van der Waals surface area contributed by atoms with Gasteiger partial charge in [-0.15, -0.1) is 6.58 Å². The number of phenols is 1. The molecular formula is C11H12O3. The molecule has 74 valence electrons. The van der Waals surface area contributed by atoms with Gasteiger partial charge in [-0.25, -0.2) is 0 Å². The molecule has 0 aliphatic rings. The van der Waals surface area contributed by atoms with Gasteiger partial charge in [0.2, 0.25) is 0 Å². The number of aromatic hydroxyl groups is 1. The number of carbonyl (C=O) groups is 1. The summed E-state index contributed by atoms with van der Waals surface area (Å²) in [5.74, 6) is 0.498. The first-order chi connectivity index (χ1) is 6.72. The monoisotopic (exact) mass is 192 g/mol. The molecule has 0 aliphatic heterocycles. The van der Waals surface area contributed by atoms with Gasteiger partial charge in [-0.2, -0.15) is 0 Å². The van der Waals surface area contributed by atoms with E-state index >= 15 is 0 Å². The van der Waals surface area contributed by atoms with Crippen molar-refractivity contribution < 1.29 is 14.6 Å². The van der Waals surface area contributed by atoms with Crippen LogP contribution in [-0.4, -0.2) is 18.5 Å². The minimum atomic E-state index is 0.118. The summed E-state index contributed by atoms with van der Waals surface area (Å²) in [4.78, 5) is 10.7. The Hall–Kier alpha value is -1.77. The quantitative estimate of drug-likeness (QED) is 0.585. The number of rotatable bonds is 4. The van der Waals surface area contributed by atoms with Gasteiger partial charge in [0.15, 0.2) is 6.29 Å². The first-order valence-corrected chi connectivity index (χ1v) is 4.19. The highest BCUT2D eigenvalue weighted by Crippen LogP contribution is 2.27. The summed E-state index contributed by atoms with van der Waals surface area (Å²) in [6.45, 7) is 3.56. The van der Waals surface area contributed by atoms with Gasteiger partial charge in [0.05, 0.1) is 12.7 Å². The molecule has 0 bridgehead atoms. The van der Waals surface area contributed by atoms with E-state index in [0.29, 0.717) is 29.6 Å². The van der Waals surface area contributed by atoms with Crippen molar-refractivity contribution in [3.8, 4) is 11.5 Å². The van der Waals surface area contributed by atoms with Crippen LogP contribution in [0.4, 0.5) is 0 Å². The molecule has 14 heavy (non-hydrogen) atoms. The molecule has 0 unspecified atom stereocenters. The summed E-state index contributed by atoms with van der Waals surface area (Å²) >= 11 is 0. The Morgan fingerprint density at radius 3 is 2.79 bits per heavy atom. The summed E-state index contributed by atoms with van der Waals surface area (Å²) < 4.78 is 4.93. The van der Waals surface area contributed by atoms with Crippen LogP contribution in [0.3, 0.4) is 0 Å². The summed E-state index contributed by atoms with van der Waals surface area (Å²) in [5, 5.41) is 9.53. The second-order valence-corrected chi connectivity index (χ2v) is 2.83. The molecule has 0 radical (unpaired) electrons. The summed E-state index contributed by atoms with van der Waals surface area (Å²) in [6, 6.07) is 3.03. The van der Waals surface area contributed by atoms with E-state index in [9.17, 15) is 9.90 Å². The van der Waals surface area contributed by atoms with Gasteiger partial charge < -0.3 is 9.84 Å². The fourth-order valence-electron chi connectivity index (χ4n) is 1.22. The lowest BCUT2D eigenvalue weighted by atomic mass is 10.1. The largest absolute Gasteiger partial charge is 0.508 e. The Labute approximate surface area is 82.6 Å². The Balaban J connectivity index is 3.22. The number of hydrogen-bond donors (Lipinski definition) is 1. The van der Waals surface area contributed by atoms with Crippen molar-refractivity contribution in [3.05, 3.63) is 35.9 Å². The maximum atomic E-state index is 10.7. The Kier molecular flexibility index (Phi) is 3.29. The zero-order chi connectivity index (χ0) is 10.6. The van der Waals surface area contributed by atoms with Crippen LogP contribution in [0.1, 0.15) is 15.9 Å². The second-order valence-electron chi connectivity index (χ2n) is 2.83. The predicted octanol–water partition coefficient (Wildman–Crippen LogP) is 1.94. The van der Waals surface area contributed by atoms with Crippen molar-refractivity contribution in [3.63, 3.8) is 0 Å². The van der Waals surface area contributed by atoms with Gasteiger partial charge in [0, 0.05) is 6.07 Å². The summed E-state index contributed by atoms with van der Waals surface area (Å²) in [5.41, 5.74) is 1.10. The van der Waals surface area contributed by atoms with E-state index in [0.717, 1.165) is 0 Å². The topological polar surface area (TPSA) is 46.5 Å². The smallest absolute Gasteiger partial charge is 0.153 e. The molecule has 0 aromatic heterocycles. The molecule has 0 atom stereocenters. The van der Waals surface area contributed by atoms with E-state index in [1.807, 2.05) is 0 Å². The van der Waals surface area contributed by atoms with Crippen molar-refractivity contribution in [2.24, 2.45) is 0 Å². The molecule has 0 heterocycles. The van der Waals surface area contributed by atoms with E-state index in [1.165, 1.54) is 13.2 Å². The van der Waals surface area contributed by atoms with Crippen LogP contribution in [0.5, 0.6) is 11.5 Å². The van der Waals surface area contributed by atoms with E-state index in [-0.39, 0.29) is 5.75 Å². The van der Waals surface area contributed by atoms with Crippen molar-refractivity contribution in [2.45, 2.75) is 6.42 Å². The number of methoxy groups -OCH3 is 1. The predicted molar refractivity (Wildman–Crippen MR) is 53.9 cm³/mol. The van der Waals surface area contributed by atoms with Crippen LogP contribution in [-0.2, 0) is 6.42 Å². The van der Waals surface area contributed by atoms with Gasteiger partial charge in [-0.05, 0) is 18.1 Å². The Bertz CT molecular complexity index is 356. The lowest BCUT2D eigenvalue weighted by molar-refractivity contribution is 0.112. The molecule has 0 fully saturated rings. The van der Waals surface area contributed by atoms with Crippen LogP contribution in [0.2, 0.25) is 0 Å². The van der Waals surface area contributed by atoms with Crippen LogP contribution in [0, 0.1) is 0 Å². The van der Waals surface area contributed by atoms with E-state index < -0.39 is 0 Å². The Morgan fingerprint density at radius 2 is 2.29 bits per heavy atom. The van der Waals surface area contributed by atoms with E-state index in [1.54, 1.807) is 12.1 Å².